The van der Waals surface area contributed by atoms with Gasteiger partial charge in [-0.05, 0) is 32.7 Å². The van der Waals surface area contributed by atoms with Crippen molar-refractivity contribution < 1.29 is 29.4 Å². The monoisotopic (exact) mass is 315 g/mol. The van der Waals surface area contributed by atoms with Crippen LogP contribution in [-0.4, -0.2) is 58.6 Å². The van der Waals surface area contributed by atoms with Crippen molar-refractivity contribution in [1.29, 1.82) is 0 Å². The quantitative estimate of drug-likeness (QED) is 0.373. The lowest BCUT2D eigenvalue weighted by Crippen LogP contribution is -2.53. The van der Waals surface area contributed by atoms with Crippen molar-refractivity contribution >= 4 is 23.8 Å². The Balaban J connectivity index is 2.64. The lowest BCUT2D eigenvalue weighted by atomic mass is 10.1. The molecule has 0 bridgehead atoms. The van der Waals surface area contributed by atoms with Crippen molar-refractivity contribution in [3.63, 3.8) is 0 Å². The Hall–Kier alpha value is -2.16. The number of hydrogen-bond donors (Lipinski definition) is 5. The number of carboxylic acid groups (broad SMARTS) is 2. The molecule has 1 fully saturated rings. The second-order valence-corrected chi connectivity index (χ2v) is 5.21. The van der Waals surface area contributed by atoms with Crippen LogP contribution in [0.25, 0.3) is 0 Å². The van der Waals surface area contributed by atoms with E-state index >= 15 is 0 Å². The molecule has 9 heteroatoms. The van der Waals surface area contributed by atoms with Gasteiger partial charge in [0.05, 0.1) is 6.04 Å². The lowest BCUT2D eigenvalue weighted by molar-refractivity contribution is -0.142. The summed E-state index contributed by atoms with van der Waals surface area (Å²) in [5, 5.41) is 25.2. The minimum absolute atomic E-state index is 0.105. The van der Waals surface area contributed by atoms with Crippen molar-refractivity contribution in [2.75, 3.05) is 6.54 Å². The van der Waals surface area contributed by atoms with E-state index in [0.29, 0.717) is 13.0 Å². The van der Waals surface area contributed by atoms with E-state index < -0.39 is 36.0 Å². The van der Waals surface area contributed by atoms with Crippen LogP contribution in [0.2, 0.25) is 0 Å². The van der Waals surface area contributed by atoms with Gasteiger partial charge in [0.2, 0.25) is 11.8 Å². The number of carboxylic acids is 2. The summed E-state index contributed by atoms with van der Waals surface area (Å²) in [5.41, 5.74) is 0. The Bertz CT molecular complexity index is 447. The van der Waals surface area contributed by atoms with Crippen molar-refractivity contribution in [2.45, 2.75) is 50.7 Å². The summed E-state index contributed by atoms with van der Waals surface area (Å²) < 4.78 is 0. The zero-order valence-electron chi connectivity index (χ0n) is 12.3. The second kappa shape index (κ2) is 8.32. The molecule has 3 atom stereocenters. The SMILES string of the molecule is CC(NC(=O)C(CCC(=O)O)NC(=O)C1CCCN1)C(=O)O. The minimum atomic E-state index is -1.21. The molecule has 1 heterocycles. The van der Waals surface area contributed by atoms with Crippen molar-refractivity contribution in [1.82, 2.24) is 16.0 Å². The van der Waals surface area contributed by atoms with Crippen molar-refractivity contribution in [3.05, 3.63) is 0 Å². The topological polar surface area (TPSA) is 145 Å². The fourth-order valence-corrected chi connectivity index (χ4v) is 2.09. The van der Waals surface area contributed by atoms with E-state index in [2.05, 4.69) is 16.0 Å². The van der Waals surface area contributed by atoms with E-state index in [1.165, 1.54) is 6.92 Å². The molecule has 0 aromatic carbocycles. The Morgan fingerprint density at radius 3 is 2.41 bits per heavy atom. The number of nitrogens with one attached hydrogen (secondary N) is 3. The Morgan fingerprint density at radius 2 is 1.91 bits per heavy atom. The highest BCUT2D eigenvalue weighted by atomic mass is 16.4. The van der Waals surface area contributed by atoms with Gasteiger partial charge in [-0.25, -0.2) is 0 Å². The number of carbonyl (C=O) groups is 4. The van der Waals surface area contributed by atoms with Gasteiger partial charge in [-0.15, -0.1) is 0 Å². The third kappa shape index (κ3) is 5.68. The molecule has 0 aromatic heterocycles. The highest BCUT2D eigenvalue weighted by Crippen LogP contribution is 2.07. The van der Waals surface area contributed by atoms with Gasteiger partial charge in [0.1, 0.15) is 12.1 Å². The van der Waals surface area contributed by atoms with E-state index in [9.17, 15) is 19.2 Å². The van der Waals surface area contributed by atoms with Crippen LogP contribution in [0, 0.1) is 0 Å². The standard InChI is InChI=1S/C13H21N3O6/c1-7(13(21)22)15-12(20)9(4-5-10(17)18)16-11(19)8-3-2-6-14-8/h7-9,14H,2-6H2,1H3,(H,15,20)(H,16,19)(H,17,18)(H,21,22). The average Bonchev–Trinajstić information content (AvgIpc) is 2.96. The molecule has 124 valence electrons. The predicted octanol–water partition coefficient (Wildman–Crippen LogP) is -1.32. The number of carbonyl (C=O) groups excluding carboxylic acids is 2. The van der Waals surface area contributed by atoms with Crippen LogP contribution >= 0.6 is 0 Å². The van der Waals surface area contributed by atoms with Gasteiger partial charge in [-0.2, -0.15) is 0 Å². The normalized spacial score (nSPS) is 20.0. The highest BCUT2D eigenvalue weighted by Gasteiger charge is 2.28. The Morgan fingerprint density at radius 1 is 1.23 bits per heavy atom. The van der Waals surface area contributed by atoms with Crippen LogP contribution < -0.4 is 16.0 Å². The average molecular weight is 315 g/mol. The summed E-state index contributed by atoms with van der Waals surface area (Å²) in [4.78, 5) is 45.4. The summed E-state index contributed by atoms with van der Waals surface area (Å²) >= 11 is 0. The number of amides is 2. The molecule has 0 saturated carbocycles. The van der Waals surface area contributed by atoms with E-state index in [0.717, 1.165) is 6.42 Å². The zero-order chi connectivity index (χ0) is 16.7. The van der Waals surface area contributed by atoms with Gasteiger partial charge in [0, 0.05) is 6.42 Å². The third-order valence-electron chi connectivity index (χ3n) is 3.39. The number of aliphatic carboxylic acids is 2. The van der Waals surface area contributed by atoms with Crippen LogP contribution in [0.3, 0.4) is 0 Å². The van der Waals surface area contributed by atoms with Gasteiger partial charge in [-0.3, -0.25) is 19.2 Å². The molecular weight excluding hydrogens is 294 g/mol. The lowest BCUT2D eigenvalue weighted by Gasteiger charge is -2.21. The molecule has 1 aliphatic rings. The molecule has 0 aliphatic carbocycles. The largest absolute Gasteiger partial charge is 0.481 e. The number of rotatable bonds is 8. The molecule has 5 N–H and O–H groups in total. The molecule has 0 spiro atoms. The van der Waals surface area contributed by atoms with Gasteiger partial charge < -0.3 is 26.2 Å². The summed E-state index contributed by atoms with van der Waals surface area (Å²) in [6, 6.07) is -2.61. The van der Waals surface area contributed by atoms with Crippen LogP contribution in [0.15, 0.2) is 0 Å². The van der Waals surface area contributed by atoms with E-state index in [-0.39, 0.29) is 18.7 Å². The zero-order valence-corrected chi connectivity index (χ0v) is 12.3. The molecule has 3 unspecified atom stereocenters. The fourth-order valence-electron chi connectivity index (χ4n) is 2.09. The molecular formula is C13H21N3O6. The smallest absolute Gasteiger partial charge is 0.325 e. The summed E-state index contributed by atoms with van der Waals surface area (Å²) in [7, 11) is 0. The van der Waals surface area contributed by atoms with E-state index in [4.69, 9.17) is 10.2 Å². The van der Waals surface area contributed by atoms with Gasteiger partial charge in [0.25, 0.3) is 0 Å². The maximum atomic E-state index is 12.0. The maximum absolute atomic E-state index is 12.0. The summed E-state index contributed by atoms with van der Waals surface area (Å²) in [6.45, 7) is 2.00. The number of hydrogen-bond acceptors (Lipinski definition) is 5. The molecule has 0 aromatic rings. The first kappa shape index (κ1) is 17.9. The molecule has 1 rings (SSSR count). The molecule has 0 radical (unpaired) electrons. The predicted molar refractivity (Wildman–Crippen MR) is 75.1 cm³/mol. The first-order valence-corrected chi connectivity index (χ1v) is 7.10. The second-order valence-electron chi connectivity index (χ2n) is 5.21. The Kier molecular flexibility index (Phi) is 6.77. The van der Waals surface area contributed by atoms with Crippen molar-refractivity contribution in [2.24, 2.45) is 0 Å². The molecule has 9 nitrogen and oxygen atoms in total. The summed E-state index contributed by atoms with van der Waals surface area (Å²) in [6.07, 6.45) is 1.08. The van der Waals surface area contributed by atoms with E-state index in [1.54, 1.807) is 0 Å². The minimum Gasteiger partial charge on any atom is -0.481 e. The van der Waals surface area contributed by atoms with Crippen LogP contribution in [0.1, 0.15) is 32.6 Å². The van der Waals surface area contributed by atoms with Crippen molar-refractivity contribution in [3.8, 4) is 0 Å². The van der Waals surface area contributed by atoms with Crippen LogP contribution in [0.4, 0.5) is 0 Å². The first-order chi connectivity index (χ1) is 10.3. The fraction of sp³-hybridized carbons (Fsp3) is 0.692. The molecule has 22 heavy (non-hydrogen) atoms. The van der Waals surface area contributed by atoms with Gasteiger partial charge >= 0.3 is 11.9 Å². The first-order valence-electron chi connectivity index (χ1n) is 7.10. The Labute approximate surface area is 127 Å². The summed E-state index contributed by atoms with van der Waals surface area (Å²) in [5.74, 6) is -3.40. The van der Waals surface area contributed by atoms with Gasteiger partial charge in [0.15, 0.2) is 0 Å². The molecule has 1 saturated heterocycles. The highest BCUT2D eigenvalue weighted by molar-refractivity contribution is 5.92. The maximum Gasteiger partial charge on any atom is 0.325 e. The molecule has 2 amide bonds. The van der Waals surface area contributed by atoms with Crippen LogP contribution in [-0.2, 0) is 19.2 Å². The van der Waals surface area contributed by atoms with Crippen LogP contribution in [0.5, 0.6) is 0 Å². The van der Waals surface area contributed by atoms with Gasteiger partial charge in [-0.1, -0.05) is 0 Å². The molecule has 1 aliphatic heterocycles. The van der Waals surface area contributed by atoms with E-state index in [1.807, 2.05) is 0 Å². The third-order valence-corrected chi connectivity index (χ3v) is 3.39.